The van der Waals surface area contributed by atoms with Crippen LogP contribution in [0.15, 0.2) is 39.9 Å². The van der Waals surface area contributed by atoms with Crippen molar-refractivity contribution < 1.29 is 50.0 Å². The monoisotopic (exact) mass is 622 g/mol. The number of ether oxygens (including phenoxy) is 3. The molecule has 3 rings (SSSR count). The Hall–Kier alpha value is -3.53. The van der Waals surface area contributed by atoms with Crippen LogP contribution in [0.25, 0.3) is 0 Å². The lowest BCUT2D eigenvalue weighted by atomic mass is 9.92. The van der Waals surface area contributed by atoms with Crippen LogP contribution in [0.3, 0.4) is 0 Å². The van der Waals surface area contributed by atoms with Crippen molar-refractivity contribution in [1.29, 1.82) is 0 Å². The number of alkyl halides is 3. The molecule has 2 aromatic rings. The number of benzene rings is 1. The summed E-state index contributed by atoms with van der Waals surface area (Å²) in [6, 6.07) is 0.893. The molecule has 4 atom stereocenters. The number of pyridine rings is 1. The van der Waals surface area contributed by atoms with Crippen LogP contribution in [0.5, 0.6) is 5.75 Å². The zero-order valence-corrected chi connectivity index (χ0v) is 24.7. The van der Waals surface area contributed by atoms with Gasteiger partial charge in [-0.15, -0.1) is 4.36 Å². The fraction of sp³-hybridized carbons (Fsp3) is 0.500. The molecule has 10 nitrogen and oxygen atoms in total. The van der Waals surface area contributed by atoms with Gasteiger partial charge < -0.3 is 24.4 Å². The number of nitrogens with zero attached hydrogens (tertiary/aromatic N) is 3. The Labute approximate surface area is 239 Å². The summed E-state index contributed by atoms with van der Waals surface area (Å²) in [5, 5.41) is 2.23. The number of anilines is 2. The van der Waals surface area contributed by atoms with E-state index < -0.39 is 75.0 Å². The van der Waals surface area contributed by atoms with Crippen molar-refractivity contribution in [3.8, 4) is 5.75 Å². The molecule has 2 heterocycles. The molecule has 1 saturated heterocycles. The van der Waals surface area contributed by atoms with E-state index in [1.54, 1.807) is 20.8 Å². The first-order chi connectivity index (χ1) is 19.3. The standard InChI is InChI=1S/C26H31F5N4O6S/c1-14-25(40-6,26(29,30)31)13-18(35(14)17-9-8-16(27)20(28)21(17)39-5)22(36)33-15-10-11-32-19(12-15)42(7,38)34-23(37)41-24(2,3)4/h8-12,14,18H,13H2,1-7H3,(H,32,33,36)/t14-,18+,25-,42-/m1/s1. The zero-order valence-electron chi connectivity index (χ0n) is 23.8. The molecule has 2 amide bonds. The number of hydrogen-bond donors (Lipinski definition) is 1. The third kappa shape index (κ3) is 6.43. The van der Waals surface area contributed by atoms with E-state index >= 15 is 0 Å². The van der Waals surface area contributed by atoms with E-state index in [1.165, 1.54) is 6.07 Å². The molecule has 1 aromatic carbocycles. The number of nitrogens with one attached hydrogen (secondary N) is 1. The van der Waals surface area contributed by atoms with Crippen molar-refractivity contribution in [3.63, 3.8) is 0 Å². The summed E-state index contributed by atoms with van der Waals surface area (Å²) in [5.74, 6) is -4.44. The molecule has 0 unspecified atom stereocenters. The van der Waals surface area contributed by atoms with Gasteiger partial charge in [0.2, 0.25) is 11.7 Å². The van der Waals surface area contributed by atoms with Gasteiger partial charge in [-0.25, -0.2) is 18.4 Å². The maximum Gasteiger partial charge on any atom is 0.442 e. The average molecular weight is 623 g/mol. The number of carbonyl (C=O) groups excluding carboxylic acids is 2. The van der Waals surface area contributed by atoms with Gasteiger partial charge in [-0.3, -0.25) is 4.79 Å². The summed E-state index contributed by atoms with van der Waals surface area (Å²) in [6.07, 6.45) is -4.72. The summed E-state index contributed by atoms with van der Waals surface area (Å²) in [4.78, 5) is 30.6. The van der Waals surface area contributed by atoms with Gasteiger partial charge in [0.1, 0.15) is 26.4 Å². The number of hydrogen-bond acceptors (Lipinski definition) is 8. The van der Waals surface area contributed by atoms with Crippen LogP contribution in [-0.4, -0.2) is 71.1 Å². The van der Waals surface area contributed by atoms with Crippen molar-refractivity contribution in [3.05, 3.63) is 42.1 Å². The summed E-state index contributed by atoms with van der Waals surface area (Å²) in [5.41, 5.74) is -4.13. The Kier molecular flexibility index (Phi) is 9.13. The molecule has 0 saturated carbocycles. The van der Waals surface area contributed by atoms with Crippen LogP contribution in [0.1, 0.15) is 34.1 Å². The molecule has 1 aliphatic rings. The maximum absolute atomic E-state index is 14.6. The lowest BCUT2D eigenvalue weighted by Gasteiger charge is -2.37. The molecule has 42 heavy (non-hydrogen) atoms. The second kappa shape index (κ2) is 11.6. The van der Waals surface area contributed by atoms with E-state index in [-0.39, 0.29) is 16.4 Å². The van der Waals surface area contributed by atoms with Gasteiger partial charge in [0.25, 0.3) is 0 Å². The number of methoxy groups -OCH3 is 2. The predicted octanol–water partition coefficient (Wildman–Crippen LogP) is 5.31. The molecule has 1 aliphatic heterocycles. The number of amides is 2. The highest BCUT2D eigenvalue weighted by atomic mass is 32.2. The molecule has 1 fully saturated rings. The quantitative estimate of drug-likeness (QED) is 0.431. The first-order valence-electron chi connectivity index (χ1n) is 12.4. The normalized spacial score (nSPS) is 22.3. The largest absolute Gasteiger partial charge is 0.491 e. The highest BCUT2D eigenvalue weighted by Crippen LogP contribution is 2.50. The molecular formula is C26H31F5N4O6S. The zero-order chi connectivity index (χ0) is 31.8. The number of rotatable bonds is 6. The van der Waals surface area contributed by atoms with Crippen molar-refractivity contribution >= 4 is 33.1 Å². The van der Waals surface area contributed by atoms with Gasteiger partial charge in [0, 0.05) is 31.7 Å². The van der Waals surface area contributed by atoms with Gasteiger partial charge >= 0.3 is 12.3 Å². The first kappa shape index (κ1) is 33.0. The Bertz CT molecular complexity index is 1490. The van der Waals surface area contributed by atoms with Crippen molar-refractivity contribution in [2.75, 3.05) is 30.7 Å². The van der Waals surface area contributed by atoms with E-state index in [4.69, 9.17) is 14.2 Å². The third-order valence-electron chi connectivity index (χ3n) is 6.62. The van der Waals surface area contributed by atoms with Crippen LogP contribution in [0.2, 0.25) is 0 Å². The highest BCUT2D eigenvalue weighted by Gasteiger charge is 2.67. The van der Waals surface area contributed by atoms with Crippen LogP contribution in [0.4, 0.5) is 38.1 Å². The fourth-order valence-corrected chi connectivity index (χ4v) is 5.69. The number of halogens is 5. The second-order valence-corrected chi connectivity index (χ2v) is 12.8. The average Bonchev–Trinajstić information content (AvgIpc) is 3.17. The molecule has 0 radical (unpaired) electrons. The van der Waals surface area contributed by atoms with E-state index in [9.17, 15) is 35.8 Å². The summed E-state index contributed by atoms with van der Waals surface area (Å²) in [6.45, 7) is 5.91. The minimum atomic E-state index is -4.97. The topological polar surface area (TPSA) is 119 Å². The lowest BCUT2D eigenvalue weighted by molar-refractivity contribution is -0.270. The Morgan fingerprint density at radius 2 is 1.81 bits per heavy atom. The molecule has 1 aromatic heterocycles. The predicted molar refractivity (Wildman–Crippen MR) is 143 cm³/mol. The Morgan fingerprint density at radius 3 is 2.36 bits per heavy atom. The van der Waals surface area contributed by atoms with Gasteiger partial charge in [-0.1, -0.05) is 0 Å². The van der Waals surface area contributed by atoms with Crippen molar-refractivity contribution in [1.82, 2.24) is 4.98 Å². The van der Waals surface area contributed by atoms with Crippen LogP contribution >= 0.6 is 0 Å². The molecule has 16 heteroatoms. The van der Waals surface area contributed by atoms with Gasteiger partial charge in [-0.05, 0) is 52.0 Å². The highest BCUT2D eigenvalue weighted by molar-refractivity contribution is 7.93. The summed E-state index contributed by atoms with van der Waals surface area (Å²) < 4.78 is 103. The molecule has 1 N–H and O–H groups in total. The minimum absolute atomic E-state index is 0.0363. The van der Waals surface area contributed by atoms with Crippen molar-refractivity contribution in [2.24, 2.45) is 4.36 Å². The van der Waals surface area contributed by atoms with Crippen LogP contribution in [0, 0.1) is 11.6 Å². The lowest BCUT2D eigenvalue weighted by Crippen LogP contribution is -2.55. The smallest absolute Gasteiger partial charge is 0.442 e. The molecule has 0 bridgehead atoms. The van der Waals surface area contributed by atoms with Gasteiger partial charge in [0.05, 0.1) is 18.8 Å². The molecule has 232 valence electrons. The first-order valence-corrected chi connectivity index (χ1v) is 14.3. The second-order valence-electron chi connectivity index (χ2n) is 10.6. The van der Waals surface area contributed by atoms with E-state index in [0.717, 1.165) is 50.6 Å². The summed E-state index contributed by atoms with van der Waals surface area (Å²) in [7, 11) is -1.62. The molecular weight excluding hydrogens is 591 g/mol. The fourth-order valence-electron chi connectivity index (χ4n) is 4.68. The minimum Gasteiger partial charge on any atom is -0.491 e. The van der Waals surface area contributed by atoms with Gasteiger partial charge in [0.15, 0.2) is 17.2 Å². The van der Waals surface area contributed by atoms with Crippen LogP contribution < -0.4 is 15.0 Å². The maximum atomic E-state index is 14.6. The van der Waals surface area contributed by atoms with Crippen molar-refractivity contribution in [2.45, 2.75) is 68.6 Å². The number of aromatic nitrogens is 1. The number of carbonyl (C=O) groups is 2. The Morgan fingerprint density at radius 1 is 1.17 bits per heavy atom. The van der Waals surface area contributed by atoms with Gasteiger partial charge in [-0.2, -0.15) is 17.6 Å². The van der Waals surface area contributed by atoms with E-state index in [1.807, 2.05) is 0 Å². The SMILES string of the molecule is COc1c(N2[C@H](C(=O)Nc3ccnc([S@@](C)(=O)=NC(=O)OC(C)(C)C)c3)C[C@](OC)(C(F)(F)F)[C@H]2C)ccc(F)c1F. The summed E-state index contributed by atoms with van der Waals surface area (Å²) >= 11 is 0. The molecule has 0 spiro atoms. The van der Waals surface area contributed by atoms with E-state index in [2.05, 4.69) is 14.7 Å². The molecule has 0 aliphatic carbocycles. The van der Waals surface area contributed by atoms with E-state index in [0.29, 0.717) is 6.07 Å². The van der Waals surface area contributed by atoms with Crippen LogP contribution in [-0.2, 0) is 24.0 Å². The Balaban J connectivity index is 2.05. The third-order valence-corrected chi connectivity index (χ3v) is 8.11.